The molecule has 1 heterocycles. The summed E-state index contributed by atoms with van der Waals surface area (Å²) in [6.45, 7) is 5.36. The molecule has 0 aromatic heterocycles. The SMILES string of the molecule is CCCCCCC(=O)N1CCC(OCCCN)CC1. The summed E-state index contributed by atoms with van der Waals surface area (Å²) in [4.78, 5) is 14.0. The molecule has 0 radical (unpaired) electrons. The molecule has 4 nitrogen and oxygen atoms in total. The second kappa shape index (κ2) is 10.2. The molecule has 112 valence electrons. The predicted molar refractivity (Wildman–Crippen MR) is 78.0 cm³/mol. The van der Waals surface area contributed by atoms with E-state index in [0.717, 1.165) is 51.8 Å². The first-order valence-corrected chi connectivity index (χ1v) is 7.87. The van der Waals surface area contributed by atoms with Gasteiger partial charge in [0.2, 0.25) is 5.91 Å². The van der Waals surface area contributed by atoms with E-state index in [0.29, 0.717) is 18.6 Å². The van der Waals surface area contributed by atoms with Crippen molar-refractivity contribution >= 4 is 5.91 Å². The van der Waals surface area contributed by atoms with Crippen molar-refractivity contribution in [2.45, 2.75) is 64.4 Å². The van der Waals surface area contributed by atoms with Gasteiger partial charge in [-0.1, -0.05) is 26.2 Å². The lowest BCUT2D eigenvalue weighted by Gasteiger charge is -2.32. The topological polar surface area (TPSA) is 55.6 Å². The van der Waals surface area contributed by atoms with E-state index in [-0.39, 0.29) is 0 Å². The van der Waals surface area contributed by atoms with E-state index in [2.05, 4.69) is 6.92 Å². The molecule has 4 heteroatoms. The number of hydrogen-bond donors (Lipinski definition) is 1. The lowest BCUT2D eigenvalue weighted by molar-refractivity contribution is -0.134. The van der Waals surface area contributed by atoms with E-state index in [9.17, 15) is 4.79 Å². The zero-order valence-corrected chi connectivity index (χ0v) is 12.4. The standard InChI is InChI=1S/C15H30N2O2/c1-2-3-4-5-7-15(18)17-11-8-14(9-12-17)19-13-6-10-16/h14H,2-13,16H2,1H3. The van der Waals surface area contributed by atoms with E-state index < -0.39 is 0 Å². The van der Waals surface area contributed by atoms with Crippen molar-refractivity contribution < 1.29 is 9.53 Å². The second-order valence-corrected chi connectivity index (χ2v) is 5.40. The van der Waals surface area contributed by atoms with E-state index in [1.54, 1.807) is 0 Å². The predicted octanol–water partition coefficient (Wildman–Crippen LogP) is 2.31. The highest BCUT2D eigenvalue weighted by Gasteiger charge is 2.22. The van der Waals surface area contributed by atoms with Gasteiger partial charge in [-0.15, -0.1) is 0 Å². The minimum Gasteiger partial charge on any atom is -0.378 e. The molecule has 1 fully saturated rings. The van der Waals surface area contributed by atoms with Crippen molar-refractivity contribution in [2.24, 2.45) is 5.73 Å². The number of nitrogens with two attached hydrogens (primary N) is 1. The monoisotopic (exact) mass is 270 g/mol. The number of likely N-dealkylation sites (tertiary alicyclic amines) is 1. The van der Waals surface area contributed by atoms with E-state index in [1.807, 2.05) is 4.90 Å². The van der Waals surface area contributed by atoms with Gasteiger partial charge >= 0.3 is 0 Å². The first kappa shape index (κ1) is 16.4. The number of rotatable bonds is 9. The molecular weight excluding hydrogens is 240 g/mol. The van der Waals surface area contributed by atoms with Crippen molar-refractivity contribution in [1.82, 2.24) is 4.90 Å². The maximum absolute atomic E-state index is 12.0. The number of unbranched alkanes of at least 4 members (excludes halogenated alkanes) is 3. The van der Waals surface area contributed by atoms with Crippen molar-refractivity contribution in [1.29, 1.82) is 0 Å². The van der Waals surface area contributed by atoms with E-state index in [4.69, 9.17) is 10.5 Å². The Bertz CT molecular complexity index is 238. The van der Waals surface area contributed by atoms with Gasteiger partial charge < -0.3 is 15.4 Å². The molecule has 0 aromatic carbocycles. The van der Waals surface area contributed by atoms with Gasteiger partial charge in [0.25, 0.3) is 0 Å². The van der Waals surface area contributed by atoms with E-state index >= 15 is 0 Å². The smallest absolute Gasteiger partial charge is 0.222 e. The Balaban J connectivity index is 2.09. The Morgan fingerprint density at radius 2 is 1.95 bits per heavy atom. The first-order valence-electron chi connectivity index (χ1n) is 7.87. The second-order valence-electron chi connectivity index (χ2n) is 5.40. The molecular formula is C15H30N2O2. The zero-order chi connectivity index (χ0) is 13.9. The summed E-state index contributed by atoms with van der Waals surface area (Å²) < 4.78 is 5.75. The number of hydrogen-bond acceptors (Lipinski definition) is 3. The minimum absolute atomic E-state index is 0.329. The fourth-order valence-electron chi connectivity index (χ4n) is 2.47. The zero-order valence-electron chi connectivity index (χ0n) is 12.4. The normalized spacial score (nSPS) is 16.8. The fraction of sp³-hybridized carbons (Fsp3) is 0.933. The average Bonchev–Trinajstić information content (AvgIpc) is 2.44. The molecule has 0 saturated carbocycles. The molecule has 0 aliphatic carbocycles. The summed E-state index contributed by atoms with van der Waals surface area (Å²) in [5.74, 6) is 0.330. The molecule has 2 N–H and O–H groups in total. The average molecular weight is 270 g/mol. The Morgan fingerprint density at radius 1 is 1.21 bits per heavy atom. The van der Waals surface area contributed by atoms with Crippen molar-refractivity contribution in [3.05, 3.63) is 0 Å². The maximum Gasteiger partial charge on any atom is 0.222 e. The molecule has 0 unspecified atom stereocenters. The quantitative estimate of drug-likeness (QED) is 0.654. The molecule has 0 spiro atoms. The summed E-state index contributed by atoms with van der Waals surface area (Å²) in [5, 5.41) is 0. The summed E-state index contributed by atoms with van der Waals surface area (Å²) in [6, 6.07) is 0. The molecule has 1 aliphatic heterocycles. The third-order valence-corrected chi connectivity index (χ3v) is 3.74. The molecule has 0 bridgehead atoms. The minimum atomic E-state index is 0.329. The van der Waals surface area contributed by atoms with Crippen LogP contribution in [0.15, 0.2) is 0 Å². The molecule has 1 amide bonds. The van der Waals surface area contributed by atoms with Crippen LogP contribution in [0.3, 0.4) is 0 Å². The third-order valence-electron chi connectivity index (χ3n) is 3.74. The van der Waals surface area contributed by atoms with Gasteiger partial charge in [0.05, 0.1) is 6.10 Å². The van der Waals surface area contributed by atoms with Crippen molar-refractivity contribution in [3.63, 3.8) is 0 Å². The van der Waals surface area contributed by atoms with Gasteiger partial charge in [-0.05, 0) is 32.2 Å². The highest BCUT2D eigenvalue weighted by molar-refractivity contribution is 5.76. The van der Waals surface area contributed by atoms with Gasteiger partial charge in [0, 0.05) is 26.1 Å². The van der Waals surface area contributed by atoms with Crippen LogP contribution >= 0.6 is 0 Å². The number of ether oxygens (including phenoxy) is 1. The Labute approximate surface area is 117 Å². The Morgan fingerprint density at radius 3 is 2.58 bits per heavy atom. The van der Waals surface area contributed by atoms with Crippen LogP contribution in [-0.2, 0) is 9.53 Å². The summed E-state index contributed by atoms with van der Waals surface area (Å²) in [5.41, 5.74) is 5.44. The largest absolute Gasteiger partial charge is 0.378 e. The molecule has 19 heavy (non-hydrogen) atoms. The van der Waals surface area contributed by atoms with Crippen molar-refractivity contribution in [3.8, 4) is 0 Å². The highest BCUT2D eigenvalue weighted by atomic mass is 16.5. The van der Waals surface area contributed by atoms with Gasteiger partial charge in [-0.2, -0.15) is 0 Å². The van der Waals surface area contributed by atoms with Gasteiger partial charge in [-0.25, -0.2) is 0 Å². The Hall–Kier alpha value is -0.610. The number of carbonyl (C=O) groups excluding carboxylic acids is 1. The summed E-state index contributed by atoms with van der Waals surface area (Å²) >= 11 is 0. The highest BCUT2D eigenvalue weighted by Crippen LogP contribution is 2.15. The van der Waals surface area contributed by atoms with Crippen LogP contribution in [0.25, 0.3) is 0 Å². The van der Waals surface area contributed by atoms with Gasteiger partial charge in [0.1, 0.15) is 0 Å². The van der Waals surface area contributed by atoms with E-state index in [1.165, 1.54) is 19.3 Å². The summed E-state index contributed by atoms with van der Waals surface area (Å²) in [6.07, 6.45) is 8.62. The van der Waals surface area contributed by atoms with Crippen LogP contribution in [0.1, 0.15) is 58.3 Å². The lowest BCUT2D eigenvalue weighted by Crippen LogP contribution is -2.40. The lowest BCUT2D eigenvalue weighted by atomic mass is 10.1. The van der Waals surface area contributed by atoms with Gasteiger partial charge in [0.15, 0.2) is 0 Å². The number of amides is 1. The van der Waals surface area contributed by atoms with Crippen LogP contribution in [0.2, 0.25) is 0 Å². The molecule has 0 aromatic rings. The first-order chi connectivity index (χ1) is 9.27. The molecule has 0 atom stereocenters. The van der Waals surface area contributed by atoms with Crippen LogP contribution in [0.5, 0.6) is 0 Å². The number of nitrogens with zero attached hydrogens (tertiary/aromatic N) is 1. The number of carbonyl (C=O) groups is 1. The van der Waals surface area contributed by atoms with Crippen LogP contribution < -0.4 is 5.73 Å². The fourth-order valence-corrected chi connectivity index (χ4v) is 2.47. The Kier molecular flexibility index (Phi) is 8.84. The third kappa shape index (κ3) is 6.92. The maximum atomic E-state index is 12.0. The van der Waals surface area contributed by atoms with Crippen LogP contribution in [0, 0.1) is 0 Å². The molecule has 1 saturated heterocycles. The molecule has 1 aliphatic rings. The van der Waals surface area contributed by atoms with Gasteiger partial charge in [-0.3, -0.25) is 4.79 Å². The summed E-state index contributed by atoms with van der Waals surface area (Å²) in [7, 11) is 0. The van der Waals surface area contributed by atoms with Crippen LogP contribution in [-0.4, -0.2) is 43.2 Å². The molecule has 1 rings (SSSR count). The number of piperidine rings is 1. The van der Waals surface area contributed by atoms with Crippen molar-refractivity contribution in [2.75, 3.05) is 26.2 Å². The van der Waals surface area contributed by atoms with Crippen LogP contribution in [0.4, 0.5) is 0 Å².